The van der Waals surface area contributed by atoms with Gasteiger partial charge in [0.25, 0.3) is 0 Å². The standard InChI is InChI=1S/C15H25N3O3S/c1-5-17(6-2)13(19)9-18(8-7-14(20)21)15-16-12(10-22-15)11(3)4/h10-11H,5-9H2,1-4H3,(H,20,21). The number of aromatic nitrogens is 1. The Morgan fingerprint density at radius 3 is 2.41 bits per heavy atom. The number of carboxylic acid groups (broad SMARTS) is 1. The third-order valence-corrected chi connectivity index (χ3v) is 4.33. The van der Waals surface area contributed by atoms with E-state index in [4.69, 9.17) is 5.11 Å². The molecule has 22 heavy (non-hydrogen) atoms. The maximum Gasteiger partial charge on any atom is 0.305 e. The molecule has 0 fully saturated rings. The number of nitrogens with zero attached hydrogens (tertiary/aromatic N) is 3. The van der Waals surface area contributed by atoms with Crippen molar-refractivity contribution in [2.24, 2.45) is 0 Å². The lowest BCUT2D eigenvalue weighted by Gasteiger charge is -2.25. The molecule has 0 aromatic carbocycles. The van der Waals surface area contributed by atoms with Gasteiger partial charge in [0, 0.05) is 25.0 Å². The number of anilines is 1. The van der Waals surface area contributed by atoms with Crippen LogP contribution in [0.25, 0.3) is 0 Å². The minimum atomic E-state index is -0.874. The van der Waals surface area contributed by atoms with Crippen molar-refractivity contribution < 1.29 is 14.7 Å². The highest BCUT2D eigenvalue weighted by Gasteiger charge is 2.19. The molecule has 0 aliphatic rings. The molecular weight excluding hydrogens is 302 g/mol. The predicted molar refractivity (Wildman–Crippen MR) is 88.6 cm³/mol. The van der Waals surface area contributed by atoms with Crippen molar-refractivity contribution in [1.29, 1.82) is 0 Å². The Bertz CT molecular complexity index is 498. The molecule has 0 unspecified atom stereocenters. The summed E-state index contributed by atoms with van der Waals surface area (Å²) >= 11 is 1.46. The largest absolute Gasteiger partial charge is 0.481 e. The fourth-order valence-electron chi connectivity index (χ4n) is 2.00. The Labute approximate surface area is 135 Å². The van der Waals surface area contributed by atoms with Crippen molar-refractivity contribution in [3.63, 3.8) is 0 Å². The van der Waals surface area contributed by atoms with E-state index in [0.29, 0.717) is 24.1 Å². The van der Waals surface area contributed by atoms with Gasteiger partial charge in [-0.25, -0.2) is 4.98 Å². The summed E-state index contributed by atoms with van der Waals surface area (Å²) in [6.45, 7) is 9.73. The van der Waals surface area contributed by atoms with Gasteiger partial charge in [-0.1, -0.05) is 13.8 Å². The SMILES string of the molecule is CCN(CC)C(=O)CN(CCC(=O)O)c1nc(C(C)C)cs1. The van der Waals surface area contributed by atoms with Crippen molar-refractivity contribution in [3.8, 4) is 0 Å². The van der Waals surface area contributed by atoms with Crippen LogP contribution in [0, 0.1) is 0 Å². The van der Waals surface area contributed by atoms with Gasteiger partial charge in [-0.3, -0.25) is 9.59 Å². The topological polar surface area (TPSA) is 73.7 Å². The second-order valence-corrected chi connectivity index (χ2v) is 6.18. The van der Waals surface area contributed by atoms with Gasteiger partial charge < -0.3 is 14.9 Å². The highest BCUT2D eigenvalue weighted by atomic mass is 32.1. The molecule has 7 heteroatoms. The molecule has 0 saturated carbocycles. The monoisotopic (exact) mass is 327 g/mol. The summed E-state index contributed by atoms with van der Waals surface area (Å²) < 4.78 is 0. The van der Waals surface area contributed by atoms with E-state index < -0.39 is 5.97 Å². The van der Waals surface area contributed by atoms with E-state index in [9.17, 15) is 9.59 Å². The lowest BCUT2D eigenvalue weighted by Crippen LogP contribution is -2.41. The van der Waals surface area contributed by atoms with Gasteiger partial charge in [-0.2, -0.15) is 0 Å². The molecule has 6 nitrogen and oxygen atoms in total. The van der Waals surface area contributed by atoms with E-state index in [1.165, 1.54) is 11.3 Å². The first-order valence-corrected chi connectivity index (χ1v) is 8.46. The molecule has 0 saturated heterocycles. The number of carbonyl (C=O) groups excluding carboxylic acids is 1. The number of hydrogen-bond donors (Lipinski definition) is 1. The van der Waals surface area contributed by atoms with Crippen molar-refractivity contribution in [1.82, 2.24) is 9.88 Å². The van der Waals surface area contributed by atoms with E-state index >= 15 is 0 Å². The van der Waals surface area contributed by atoms with Crippen LogP contribution in [0.2, 0.25) is 0 Å². The lowest BCUT2D eigenvalue weighted by molar-refractivity contribution is -0.137. The van der Waals surface area contributed by atoms with Crippen molar-refractivity contribution in [2.75, 3.05) is 31.1 Å². The van der Waals surface area contributed by atoms with Gasteiger partial charge in [-0.15, -0.1) is 11.3 Å². The Morgan fingerprint density at radius 2 is 1.95 bits per heavy atom. The molecule has 1 aromatic heterocycles. The normalized spacial score (nSPS) is 10.8. The van der Waals surface area contributed by atoms with E-state index in [2.05, 4.69) is 18.8 Å². The second kappa shape index (κ2) is 8.73. The van der Waals surface area contributed by atoms with Crippen LogP contribution >= 0.6 is 11.3 Å². The molecule has 0 atom stereocenters. The van der Waals surface area contributed by atoms with Crippen LogP contribution < -0.4 is 4.90 Å². The summed E-state index contributed by atoms with van der Waals surface area (Å²) in [7, 11) is 0. The molecule has 1 aromatic rings. The fourth-order valence-corrected chi connectivity index (χ4v) is 3.01. The van der Waals surface area contributed by atoms with Crippen LogP contribution in [0.15, 0.2) is 5.38 Å². The van der Waals surface area contributed by atoms with Gasteiger partial charge in [0.2, 0.25) is 5.91 Å². The number of amides is 1. The van der Waals surface area contributed by atoms with Crippen molar-refractivity contribution >= 4 is 28.3 Å². The van der Waals surface area contributed by atoms with Crippen LogP contribution in [-0.2, 0) is 9.59 Å². The summed E-state index contributed by atoms with van der Waals surface area (Å²) in [6, 6.07) is 0. The Morgan fingerprint density at radius 1 is 1.32 bits per heavy atom. The van der Waals surface area contributed by atoms with E-state index in [-0.39, 0.29) is 25.4 Å². The molecule has 124 valence electrons. The molecule has 0 aliphatic carbocycles. The second-order valence-electron chi connectivity index (χ2n) is 5.34. The zero-order valence-corrected chi connectivity index (χ0v) is 14.5. The molecule has 1 N–H and O–H groups in total. The highest BCUT2D eigenvalue weighted by molar-refractivity contribution is 7.13. The maximum atomic E-state index is 12.3. The predicted octanol–water partition coefficient (Wildman–Crippen LogP) is 2.42. The zero-order valence-electron chi connectivity index (χ0n) is 13.7. The number of aliphatic carboxylic acids is 1. The summed E-state index contributed by atoms with van der Waals surface area (Å²) in [5.74, 6) is -0.567. The molecule has 0 radical (unpaired) electrons. The van der Waals surface area contributed by atoms with Crippen LogP contribution in [0.4, 0.5) is 5.13 Å². The number of thiazole rings is 1. The van der Waals surface area contributed by atoms with Crippen molar-refractivity contribution in [3.05, 3.63) is 11.1 Å². The molecule has 1 amide bonds. The van der Waals surface area contributed by atoms with Crippen LogP contribution in [0.3, 0.4) is 0 Å². The highest BCUT2D eigenvalue weighted by Crippen LogP contribution is 2.25. The fraction of sp³-hybridized carbons (Fsp3) is 0.667. The third kappa shape index (κ3) is 5.29. The minimum Gasteiger partial charge on any atom is -0.481 e. The number of carboxylic acids is 1. The van der Waals surface area contributed by atoms with Crippen LogP contribution in [-0.4, -0.2) is 53.0 Å². The number of likely N-dealkylation sites (N-methyl/N-ethyl adjacent to an activating group) is 1. The molecule has 1 rings (SSSR count). The molecule has 0 bridgehead atoms. The van der Waals surface area contributed by atoms with Gasteiger partial charge in [0.1, 0.15) is 0 Å². The summed E-state index contributed by atoms with van der Waals surface area (Å²) in [5.41, 5.74) is 0.968. The first kappa shape index (κ1) is 18.4. The molecule has 1 heterocycles. The van der Waals surface area contributed by atoms with Gasteiger partial charge >= 0.3 is 5.97 Å². The Kier molecular flexibility index (Phi) is 7.31. The van der Waals surface area contributed by atoms with E-state index in [1.54, 1.807) is 9.80 Å². The van der Waals surface area contributed by atoms with E-state index in [0.717, 1.165) is 5.69 Å². The van der Waals surface area contributed by atoms with Crippen LogP contribution in [0.5, 0.6) is 0 Å². The van der Waals surface area contributed by atoms with Gasteiger partial charge in [-0.05, 0) is 19.8 Å². The Hall–Kier alpha value is -1.63. The summed E-state index contributed by atoms with van der Waals surface area (Å²) in [5, 5.41) is 11.6. The van der Waals surface area contributed by atoms with Crippen molar-refractivity contribution in [2.45, 2.75) is 40.0 Å². The third-order valence-electron chi connectivity index (χ3n) is 3.41. The Balaban J connectivity index is 2.86. The minimum absolute atomic E-state index is 0.00307. The molecular formula is C15H25N3O3S. The quantitative estimate of drug-likeness (QED) is 0.754. The lowest BCUT2D eigenvalue weighted by atomic mass is 10.2. The molecule has 0 aliphatic heterocycles. The average Bonchev–Trinajstić information content (AvgIpc) is 2.94. The number of carbonyl (C=O) groups is 2. The maximum absolute atomic E-state index is 12.3. The molecule has 0 spiro atoms. The van der Waals surface area contributed by atoms with E-state index in [1.807, 2.05) is 19.2 Å². The average molecular weight is 327 g/mol. The summed E-state index contributed by atoms with van der Waals surface area (Å²) in [4.78, 5) is 31.2. The number of rotatable bonds is 9. The van der Waals surface area contributed by atoms with Gasteiger partial charge in [0.15, 0.2) is 5.13 Å². The smallest absolute Gasteiger partial charge is 0.305 e. The first-order chi connectivity index (χ1) is 10.4. The zero-order chi connectivity index (χ0) is 16.7. The summed E-state index contributed by atoms with van der Waals surface area (Å²) in [6.07, 6.45) is -0.0118. The number of hydrogen-bond acceptors (Lipinski definition) is 5. The van der Waals surface area contributed by atoms with Crippen LogP contribution in [0.1, 0.15) is 45.7 Å². The van der Waals surface area contributed by atoms with Gasteiger partial charge in [0.05, 0.1) is 18.7 Å². The first-order valence-electron chi connectivity index (χ1n) is 7.58.